The van der Waals surface area contributed by atoms with Crippen molar-refractivity contribution in [2.45, 2.75) is 32.7 Å². The van der Waals surface area contributed by atoms with Crippen LogP contribution in [-0.4, -0.2) is 29.6 Å². The van der Waals surface area contributed by atoms with E-state index in [4.69, 9.17) is 10.5 Å². The van der Waals surface area contributed by atoms with Gasteiger partial charge in [-0.2, -0.15) is 11.8 Å². The first-order chi connectivity index (χ1) is 6.04. The Labute approximate surface area is 84.4 Å². The smallest absolute Gasteiger partial charge is 0.325 e. The Morgan fingerprint density at radius 2 is 2.15 bits per heavy atom. The van der Waals surface area contributed by atoms with Gasteiger partial charge >= 0.3 is 5.97 Å². The van der Waals surface area contributed by atoms with Gasteiger partial charge in [0.05, 0.1) is 6.61 Å². The second kappa shape index (κ2) is 6.27. The molecule has 1 unspecified atom stereocenters. The van der Waals surface area contributed by atoms with E-state index in [1.807, 2.05) is 0 Å². The molecule has 0 saturated carbocycles. The summed E-state index contributed by atoms with van der Waals surface area (Å²) in [5.74, 6) is 1.66. The van der Waals surface area contributed by atoms with Crippen molar-refractivity contribution in [3.63, 3.8) is 0 Å². The topological polar surface area (TPSA) is 52.3 Å². The van der Waals surface area contributed by atoms with Crippen LogP contribution in [-0.2, 0) is 9.53 Å². The largest absolute Gasteiger partial charge is 0.465 e. The first-order valence-electron chi connectivity index (χ1n) is 4.58. The Hall–Kier alpha value is -0.220. The molecule has 0 aliphatic rings. The average Bonchev–Trinajstić information content (AvgIpc) is 2.05. The van der Waals surface area contributed by atoms with E-state index in [9.17, 15) is 4.79 Å². The molecule has 78 valence electrons. The van der Waals surface area contributed by atoms with Gasteiger partial charge in [0.15, 0.2) is 0 Å². The van der Waals surface area contributed by atoms with E-state index >= 15 is 0 Å². The van der Waals surface area contributed by atoms with Gasteiger partial charge in [-0.1, -0.05) is 6.92 Å². The van der Waals surface area contributed by atoms with E-state index in [1.54, 1.807) is 25.6 Å². The third-order valence-corrected chi connectivity index (χ3v) is 2.61. The molecule has 13 heavy (non-hydrogen) atoms. The summed E-state index contributed by atoms with van der Waals surface area (Å²) in [5.41, 5.74) is 4.98. The van der Waals surface area contributed by atoms with Crippen LogP contribution in [0.1, 0.15) is 27.2 Å². The van der Waals surface area contributed by atoms with Gasteiger partial charge < -0.3 is 10.5 Å². The molecule has 4 heteroatoms. The van der Waals surface area contributed by atoms with Crippen LogP contribution in [0.4, 0.5) is 0 Å². The SMILES string of the molecule is CCOC(=O)C(C)(N)CCSCC. The molecule has 0 fully saturated rings. The predicted octanol–water partition coefficient (Wildman–Crippen LogP) is 1.41. The highest BCUT2D eigenvalue weighted by Crippen LogP contribution is 2.13. The number of rotatable bonds is 6. The molecule has 1 atom stereocenters. The second-order valence-electron chi connectivity index (χ2n) is 3.08. The Morgan fingerprint density at radius 3 is 2.62 bits per heavy atom. The summed E-state index contributed by atoms with van der Waals surface area (Å²) in [4.78, 5) is 11.3. The Balaban J connectivity index is 3.83. The van der Waals surface area contributed by atoms with Crippen molar-refractivity contribution in [2.24, 2.45) is 5.73 Å². The molecule has 0 aromatic rings. The van der Waals surface area contributed by atoms with Crippen molar-refractivity contribution in [3.8, 4) is 0 Å². The maximum Gasteiger partial charge on any atom is 0.325 e. The van der Waals surface area contributed by atoms with Crippen molar-refractivity contribution in [1.29, 1.82) is 0 Å². The summed E-state index contributed by atoms with van der Waals surface area (Å²) in [5, 5.41) is 0. The highest BCUT2D eigenvalue weighted by molar-refractivity contribution is 7.99. The Bertz CT molecular complexity index is 160. The standard InChI is InChI=1S/C9H19NO2S/c1-4-12-8(11)9(3,10)6-7-13-5-2/h4-7,10H2,1-3H3. The number of hydrogen-bond donors (Lipinski definition) is 1. The normalized spacial score (nSPS) is 15.1. The Kier molecular flexibility index (Phi) is 6.16. The molecule has 0 rings (SSSR count). The molecule has 0 aromatic carbocycles. The van der Waals surface area contributed by atoms with Gasteiger partial charge in [-0.15, -0.1) is 0 Å². The second-order valence-corrected chi connectivity index (χ2v) is 4.48. The molecule has 0 spiro atoms. The third-order valence-electron chi connectivity index (χ3n) is 1.71. The summed E-state index contributed by atoms with van der Waals surface area (Å²) in [6.07, 6.45) is 0.671. The van der Waals surface area contributed by atoms with E-state index in [2.05, 4.69) is 6.92 Å². The molecule has 0 saturated heterocycles. The van der Waals surface area contributed by atoms with Crippen molar-refractivity contribution >= 4 is 17.7 Å². The predicted molar refractivity (Wildman–Crippen MR) is 56.8 cm³/mol. The number of carbonyl (C=O) groups excluding carboxylic acids is 1. The van der Waals surface area contributed by atoms with Crippen LogP contribution in [0.15, 0.2) is 0 Å². The minimum Gasteiger partial charge on any atom is -0.465 e. The zero-order valence-electron chi connectivity index (χ0n) is 8.63. The van der Waals surface area contributed by atoms with Crippen LogP contribution >= 0.6 is 11.8 Å². The lowest BCUT2D eigenvalue weighted by molar-refractivity contribution is -0.149. The molecule has 0 amide bonds. The van der Waals surface area contributed by atoms with Crippen LogP contribution in [0.5, 0.6) is 0 Å². The quantitative estimate of drug-likeness (QED) is 0.526. The van der Waals surface area contributed by atoms with Gasteiger partial charge in [0.1, 0.15) is 5.54 Å². The fraction of sp³-hybridized carbons (Fsp3) is 0.889. The third kappa shape index (κ3) is 5.16. The highest BCUT2D eigenvalue weighted by Gasteiger charge is 2.28. The number of thioether (sulfide) groups is 1. The fourth-order valence-corrected chi connectivity index (χ4v) is 1.68. The molecule has 0 aromatic heterocycles. The van der Waals surface area contributed by atoms with Crippen molar-refractivity contribution in [3.05, 3.63) is 0 Å². The van der Waals surface area contributed by atoms with E-state index in [0.717, 1.165) is 11.5 Å². The van der Waals surface area contributed by atoms with Gasteiger partial charge in [0, 0.05) is 0 Å². The van der Waals surface area contributed by atoms with Gasteiger partial charge in [0.25, 0.3) is 0 Å². The van der Waals surface area contributed by atoms with E-state index in [0.29, 0.717) is 13.0 Å². The summed E-state index contributed by atoms with van der Waals surface area (Å²) in [6.45, 7) is 5.99. The monoisotopic (exact) mass is 205 g/mol. The molecule has 0 bridgehead atoms. The highest BCUT2D eigenvalue weighted by atomic mass is 32.2. The minimum atomic E-state index is -0.821. The number of esters is 1. The molecule has 0 aliphatic heterocycles. The molecule has 0 heterocycles. The minimum absolute atomic E-state index is 0.299. The first kappa shape index (κ1) is 12.8. The summed E-state index contributed by atoms with van der Waals surface area (Å²) in [6, 6.07) is 0. The summed E-state index contributed by atoms with van der Waals surface area (Å²) >= 11 is 1.78. The van der Waals surface area contributed by atoms with Gasteiger partial charge in [-0.05, 0) is 31.8 Å². The number of hydrogen-bond acceptors (Lipinski definition) is 4. The van der Waals surface area contributed by atoms with E-state index < -0.39 is 5.54 Å². The van der Waals surface area contributed by atoms with Gasteiger partial charge in [-0.3, -0.25) is 4.79 Å². The molecule has 0 aliphatic carbocycles. The number of carbonyl (C=O) groups is 1. The maximum atomic E-state index is 11.3. The Morgan fingerprint density at radius 1 is 1.54 bits per heavy atom. The van der Waals surface area contributed by atoms with E-state index in [-0.39, 0.29) is 5.97 Å². The van der Waals surface area contributed by atoms with E-state index in [1.165, 1.54) is 0 Å². The summed E-state index contributed by atoms with van der Waals surface area (Å²) in [7, 11) is 0. The lowest BCUT2D eigenvalue weighted by Crippen LogP contribution is -2.46. The lowest BCUT2D eigenvalue weighted by atomic mass is 10.0. The number of ether oxygens (including phenoxy) is 1. The molecule has 0 radical (unpaired) electrons. The fourth-order valence-electron chi connectivity index (χ4n) is 0.827. The molecule has 3 nitrogen and oxygen atoms in total. The zero-order chi connectivity index (χ0) is 10.3. The number of nitrogens with two attached hydrogens (primary N) is 1. The lowest BCUT2D eigenvalue weighted by Gasteiger charge is -2.21. The van der Waals surface area contributed by atoms with Gasteiger partial charge in [0.2, 0.25) is 0 Å². The van der Waals surface area contributed by atoms with Crippen molar-refractivity contribution < 1.29 is 9.53 Å². The maximum absolute atomic E-state index is 11.3. The first-order valence-corrected chi connectivity index (χ1v) is 5.74. The van der Waals surface area contributed by atoms with Crippen molar-refractivity contribution in [2.75, 3.05) is 18.1 Å². The summed E-state index contributed by atoms with van der Waals surface area (Å²) < 4.78 is 4.86. The van der Waals surface area contributed by atoms with Crippen LogP contribution in [0.2, 0.25) is 0 Å². The average molecular weight is 205 g/mol. The van der Waals surface area contributed by atoms with Crippen molar-refractivity contribution in [1.82, 2.24) is 0 Å². The molecular formula is C9H19NO2S. The van der Waals surface area contributed by atoms with Crippen LogP contribution < -0.4 is 5.73 Å². The van der Waals surface area contributed by atoms with Crippen LogP contribution in [0.3, 0.4) is 0 Å². The molecule has 2 N–H and O–H groups in total. The van der Waals surface area contributed by atoms with Gasteiger partial charge in [-0.25, -0.2) is 0 Å². The van der Waals surface area contributed by atoms with Crippen LogP contribution in [0.25, 0.3) is 0 Å². The molecular weight excluding hydrogens is 186 g/mol. The zero-order valence-corrected chi connectivity index (χ0v) is 9.45. The van der Waals surface area contributed by atoms with Crippen LogP contribution in [0, 0.1) is 0 Å².